The van der Waals surface area contributed by atoms with Crippen molar-refractivity contribution < 1.29 is 9.30 Å². The minimum atomic E-state index is 0.580. The molecule has 2 heteroatoms. The fraction of sp³-hybridized carbons (Fsp3) is 0.214. The zero-order valence-electron chi connectivity index (χ0n) is 9.53. The van der Waals surface area contributed by atoms with Crippen molar-refractivity contribution in [3.05, 3.63) is 36.0 Å². The Kier molecular flexibility index (Phi) is 2.78. The van der Waals surface area contributed by atoms with Crippen molar-refractivity contribution in [2.24, 2.45) is 0 Å². The first-order valence-electron chi connectivity index (χ1n) is 5.17. The van der Waals surface area contributed by atoms with Gasteiger partial charge in [-0.25, -0.2) is 0 Å². The van der Waals surface area contributed by atoms with Crippen molar-refractivity contribution in [2.75, 3.05) is 7.11 Å². The smallest absolute Gasteiger partial charge is 0.217 e. The molecule has 0 saturated heterocycles. The van der Waals surface area contributed by atoms with E-state index in [2.05, 4.69) is 35.6 Å². The van der Waals surface area contributed by atoms with Gasteiger partial charge in [0.15, 0.2) is 5.69 Å². The molecule has 0 N–H and O–H groups in total. The number of benzene rings is 1. The van der Waals surface area contributed by atoms with E-state index in [-0.39, 0.29) is 0 Å². The lowest BCUT2D eigenvalue weighted by atomic mass is 10.1. The van der Waals surface area contributed by atoms with E-state index < -0.39 is 0 Å². The first-order valence-corrected chi connectivity index (χ1v) is 5.17. The highest BCUT2D eigenvalue weighted by molar-refractivity contribution is 5.82. The molecule has 0 radical (unpaired) electrons. The number of hydrogen-bond acceptors (Lipinski definition) is 1. The van der Waals surface area contributed by atoms with Gasteiger partial charge in [0.25, 0.3) is 0 Å². The Hall–Kier alpha value is -2.01. The maximum absolute atomic E-state index is 5.39. The molecule has 1 heterocycles. The van der Waals surface area contributed by atoms with Crippen molar-refractivity contribution in [3.8, 4) is 18.1 Å². The third-order valence-corrected chi connectivity index (χ3v) is 2.72. The average molecular weight is 212 g/mol. The number of fused-ring (bicyclic) bond motifs is 1. The van der Waals surface area contributed by atoms with Crippen molar-refractivity contribution >= 4 is 10.9 Å². The zero-order chi connectivity index (χ0) is 11.5. The molecule has 2 nitrogen and oxygen atoms in total. The Morgan fingerprint density at radius 1 is 1.31 bits per heavy atom. The summed E-state index contributed by atoms with van der Waals surface area (Å²) in [5.41, 5.74) is 2.26. The Balaban J connectivity index is 2.79. The van der Waals surface area contributed by atoms with E-state index in [1.54, 1.807) is 7.11 Å². The van der Waals surface area contributed by atoms with Crippen molar-refractivity contribution in [1.82, 2.24) is 0 Å². The van der Waals surface area contributed by atoms with E-state index in [1.807, 2.05) is 12.1 Å². The summed E-state index contributed by atoms with van der Waals surface area (Å²) in [5, 5.41) is 1.09. The molecule has 0 atom stereocenters. The molecule has 0 fully saturated rings. The Morgan fingerprint density at radius 2 is 2.12 bits per heavy atom. The Morgan fingerprint density at radius 3 is 2.81 bits per heavy atom. The number of aryl methyl sites for hydroxylation is 1. The summed E-state index contributed by atoms with van der Waals surface area (Å²) in [6, 6.07) is 10.1. The van der Waals surface area contributed by atoms with Crippen LogP contribution in [0.15, 0.2) is 30.3 Å². The first kappa shape index (κ1) is 10.5. The van der Waals surface area contributed by atoms with Crippen LogP contribution in [0.4, 0.5) is 0 Å². The topological polar surface area (TPSA) is 13.1 Å². The summed E-state index contributed by atoms with van der Waals surface area (Å²) in [5.74, 6) is 3.55. The molecule has 0 aliphatic heterocycles. The van der Waals surface area contributed by atoms with Crippen LogP contribution in [0.25, 0.3) is 10.9 Å². The number of aromatic nitrogens is 1. The molecule has 80 valence electrons. The molecule has 1 aromatic carbocycles. The number of rotatable bonds is 2. The van der Waals surface area contributed by atoms with Crippen LogP contribution in [0.2, 0.25) is 0 Å². The van der Waals surface area contributed by atoms with Gasteiger partial charge in [-0.05, 0) is 18.1 Å². The lowest BCUT2D eigenvalue weighted by Crippen LogP contribution is -2.37. The van der Waals surface area contributed by atoms with Gasteiger partial charge in [0.05, 0.1) is 12.5 Å². The van der Waals surface area contributed by atoms with E-state index in [9.17, 15) is 0 Å². The number of hydrogen-bond donors (Lipinski definition) is 0. The number of methoxy groups -OCH3 is 1. The van der Waals surface area contributed by atoms with Gasteiger partial charge in [0.1, 0.15) is 5.75 Å². The van der Waals surface area contributed by atoms with Crippen molar-refractivity contribution in [3.63, 3.8) is 0 Å². The van der Waals surface area contributed by atoms with Crippen LogP contribution in [0, 0.1) is 19.3 Å². The molecule has 1 aromatic heterocycles. The van der Waals surface area contributed by atoms with E-state index in [4.69, 9.17) is 11.2 Å². The van der Waals surface area contributed by atoms with Gasteiger partial charge >= 0.3 is 0 Å². The lowest BCUT2D eigenvalue weighted by molar-refractivity contribution is -0.664. The summed E-state index contributed by atoms with van der Waals surface area (Å²) in [4.78, 5) is 0. The largest absolute Gasteiger partial charge is 0.496 e. The molecule has 0 aliphatic carbocycles. The number of terminal acetylenes is 1. The first-order chi connectivity index (χ1) is 7.77. The standard InChI is InChI=1S/C14H14NO/c1-4-10-15-11(2)8-9-12-13(15)6-5-7-14(12)16-3/h1,5-9H,10H2,2-3H3/q+1. The molecular formula is C14H14NO+. The summed E-state index contributed by atoms with van der Waals surface area (Å²) in [6.07, 6.45) is 5.39. The van der Waals surface area contributed by atoms with Crippen molar-refractivity contribution in [2.45, 2.75) is 13.5 Å². The molecule has 16 heavy (non-hydrogen) atoms. The van der Waals surface area contributed by atoms with Crippen LogP contribution in [-0.4, -0.2) is 7.11 Å². The molecule has 0 saturated carbocycles. The maximum atomic E-state index is 5.39. The number of nitrogens with zero attached hydrogens (tertiary/aromatic N) is 1. The lowest BCUT2D eigenvalue weighted by Gasteiger charge is -2.05. The highest BCUT2D eigenvalue weighted by atomic mass is 16.5. The second kappa shape index (κ2) is 4.24. The third-order valence-electron chi connectivity index (χ3n) is 2.72. The second-order valence-electron chi connectivity index (χ2n) is 3.66. The van der Waals surface area contributed by atoms with Gasteiger partial charge in [0, 0.05) is 19.1 Å². The SMILES string of the molecule is C#CC[n+]1c(C)ccc2c(OC)cccc21. The van der Waals surface area contributed by atoms with Gasteiger partial charge in [0.2, 0.25) is 12.1 Å². The minimum absolute atomic E-state index is 0.580. The fourth-order valence-corrected chi connectivity index (χ4v) is 1.90. The average Bonchev–Trinajstić information content (AvgIpc) is 2.32. The van der Waals surface area contributed by atoms with Crippen molar-refractivity contribution in [1.29, 1.82) is 0 Å². The monoisotopic (exact) mass is 212 g/mol. The summed E-state index contributed by atoms with van der Waals surface area (Å²) >= 11 is 0. The van der Waals surface area contributed by atoms with E-state index in [0.717, 1.165) is 22.3 Å². The minimum Gasteiger partial charge on any atom is -0.496 e. The molecular weight excluding hydrogens is 198 g/mol. The maximum Gasteiger partial charge on any atom is 0.217 e. The molecule has 2 aromatic rings. The van der Waals surface area contributed by atoms with Gasteiger partial charge in [-0.3, -0.25) is 0 Å². The summed E-state index contributed by atoms with van der Waals surface area (Å²) < 4.78 is 7.44. The summed E-state index contributed by atoms with van der Waals surface area (Å²) in [6.45, 7) is 2.63. The van der Waals surface area contributed by atoms with E-state index >= 15 is 0 Å². The third kappa shape index (κ3) is 1.61. The quantitative estimate of drug-likeness (QED) is 0.548. The molecule has 0 unspecified atom stereocenters. The van der Waals surface area contributed by atoms with Gasteiger partial charge in [-0.15, -0.1) is 6.42 Å². The predicted octanol–water partition coefficient (Wildman–Crippen LogP) is 2.08. The van der Waals surface area contributed by atoms with Crippen LogP contribution in [0.5, 0.6) is 5.75 Å². The normalized spacial score (nSPS) is 10.1. The van der Waals surface area contributed by atoms with Crippen LogP contribution >= 0.6 is 0 Å². The van der Waals surface area contributed by atoms with Crippen LogP contribution in [0.1, 0.15) is 5.69 Å². The zero-order valence-corrected chi connectivity index (χ0v) is 9.53. The van der Waals surface area contributed by atoms with Crippen LogP contribution < -0.4 is 9.30 Å². The van der Waals surface area contributed by atoms with Gasteiger partial charge in [-0.1, -0.05) is 6.07 Å². The molecule has 0 spiro atoms. The highest BCUT2D eigenvalue weighted by Gasteiger charge is 2.13. The Labute approximate surface area is 95.5 Å². The molecule has 0 amide bonds. The molecule has 2 rings (SSSR count). The van der Waals surface area contributed by atoms with Crippen LogP contribution in [-0.2, 0) is 6.54 Å². The Bertz CT molecular complexity index is 567. The second-order valence-corrected chi connectivity index (χ2v) is 3.66. The number of ether oxygens (including phenoxy) is 1. The predicted molar refractivity (Wildman–Crippen MR) is 64.3 cm³/mol. The number of pyridine rings is 1. The van der Waals surface area contributed by atoms with Crippen LogP contribution in [0.3, 0.4) is 0 Å². The summed E-state index contributed by atoms with van der Waals surface area (Å²) in [7, 11) is 1.68. The molecule has 0 aliphatic rings. The van der Waals surface area contributed by atoms with Gasteiger partial charge < -0.3 is 4.74 Å². The fourth-order valence-electron chi connectivity index (χ4n) is 1.90. The van der Waals surface area contributed by atoms with E-state index in [0.29, 0.717) is 6.54 Å². The van der Waals surface area contributed by atoms with E-state index in [1.165, 1.54) is 0 Å². The van der Waals surface area contributed by atoms with Gasteiger partial charge in [-0.2, -0.15) is 4.57 Å². The molecule has 0 bridgehead atoms. The highest BCUT2D eigenvalue weighted by Crippen LogP contribution is 2.22.